The van der Waals surface area contributed by atoms with E-state index < -0.39 is 0 Å². The predicted octanol–water partition coefficient (Wildman–Crippen LogP) is 0.994. The summed E-state index contributed by atoms with van der Waals surface area (Å²) in [6, 6.07) is 0. The van der Waals surface area contributed by atoms with Crippen molar-refractivity contribution in [2.45, 2.75) is 13.3 Å². The molecule has 2 nitrogen and oxygen atoms in total. The Bertz CT molecular complexity index is 76.1. The van der Waals surface area contributed by atoms with Gasteiger partial charge in [0.05, 0.1) is 0 Å². The highest BCUT2D eigenvalue weighted by Crippen LogP contribution is 1.93. The maximum atomic E-state index is 9.37. The van der Waals surface area contributed by atoms with E-state index in [2.05, 4.69) is 11.3 Å². The lowest BCUT2D eigenvalue weighted by molar-refractivity contribution is 0.354. The fourth-order valence-corrected chi connectivity index (χ4v) is 0.131. The molecule has 2 heteroatoms. The second kappa shape index (κ2) is 3.40. The van der Waals surface area contributed by atoms with Crippen molar-refractivity contribution in [1.82, 2.24) is 0 Å². The van der Waals surface area contributed by atoms with Gasteiger partial charge in [-0.25, -0.2) is 4.79 Å². The Labute approximate surface area is 42.8 Å². The molecule has 0 fully saturated rings. The Hall–Kier alpha value is -0.790. The average Bonchev–Trinajstić information content (AvgIpc) is 1.68. The summed E-state index contributed by atoms with van der Waals surface area (Å²) in [4.78, 5) is 9.37. The van der Waals surface area contributed by atoms with Crippen molar-refractivity contribution in [3.05, 3.63) is 12.3 Å². The molecular weight excluding hydrogens is 92.1 g/mol. The zero-order valence-corrected chi connectivity index (χ0v) is 4.23. The zero-order valence-electron chi connectivity index (χ0n) is 4.23. The SMILES string of the molecule is C=C(CC)O[C]=O. The molecule has 0 bridgehead atoms. The smallest absolute Gasteiger partial charge is 0.422 e. The van der Waals surface area contributed by atoms with Crippen molar-refractivity contribution < 1.29 is 9.53 Å². The molecule has 0 aliphatic heterocycles. The topological polar surface area (TPSA) is 26.3 Å². The van der Waals surface area contributed by atoms with Gasteiger partial charge >= 0.3 is 6.47 Å². The Balaban J connectivity index is 3.17. The molecule has 39 valence electrons. The summed E-state index contributed by atoms with van der Waals surface area (Å²) in [5.41, 5.74) is 0. The van der Waals surface area contributed by atoms with Gasteiger partial charge in [-0.1, -0.05) is 13.5 Å². The lowest BCUT2D eigenvalue weighted by atomic mass is 10.4. The molecule has 0 rings (SSSR count). The van der Waals surface area contributed by atoms with Crippen LogP contribution in [0, 0.1) is 0 Å². The molecule has 1 radical (unpaired) electrons. The van der Waals surface area contributed by atoms with Gasteiger partial charge in [0, 0.05) is 6.42 Å². The van der Waals surface area contributed by atoms with Crippen molar-refractivity contribution in [1.29, 1.82) is 0 Å². The standard InChI is InChI=1S/C5H7O2/c1-3-5(2)7-4-6/h2-3H2,1H3. The fraction of sp³-hybridized carbons (Fsp3) is 0.400. The average molecular weight is 99.1 g/mol. The van der Waals surface area contributed by atoms with Crippen LogP contribution in [-0.4, -0.2) is 6.47 Å². The van der Waals surface area contributed by atoms with E-state index in [9.17, 15) is 4.79 Å². The van der Waals surface area contributed by atoms with E-state index >= 15 is 0 Å². The van der Waals surface area contributed by atoms with Crippen LogP contribution >= 0.6 is 0 Å². The van der Waals surface area contributed by atoms with E-state index in [0.717, 1.165) is 0 Å². The van der Waals surface area contributed by atoms with Crippen LogP contribution in [0.2, 0.25) is 0 Å². The van der Waals surface area contributed by atoms with Gasteiger partial charge in [-0.2, -0.15) is 0 Å². The largest absolute Gasteiger partial charge is 0.423 e. The van der Waals surface area contributed by atoms with Gasteiger partial charge in [0.25, 0.3) is 0 Å². The second-order valence-electron chi connectivity index (χ2n) is 1.08. The van der Waals surface area contributed by atoms with Gasteiger partial charge in [-0.15, -0.1) is 0 Å². The van der Waals surface area contributed by atoms with Gasteiger partial charge in [0.2, 0.25) is 0 Å². The third-order valence-corrected chi connectivity index (χ3v) is 0.580. The number of hydrogen-bond acceptors (Lipinski definition) is 2. The molecular formula is C5H7O2. The minimum atomic E-state index is 0.454. The maximum Gasteiger partial charge on any atom is 0.422 e. The molecule has 7 heavy (non-hydrogen) atoms. The molecule has 0 aliphatic rings. The van der Waals surface area contributed by atoms with Crippen molar-refractivity contribution in [3.8, 4) is 0 Å². The van der Waals surface area contributed by atoms with E-state index in [1.165, 1.54) is 6.47 Å². The fourth-order valence-electron chi connectivity index (χ4n) is 0.131. The Morgan fingerprint density at radius 2 is 2.57 bits per heavy atom. The highest BCUT2D eigenvalue weighted by molar-refractivity contribution is 5.40. The minimum Gasteiger partial charge on any atom is -0.423 e. The first-order valence-electron chi connectivity index (χ1n) is 2.03. The molecule has 0 saturated heterocycles. The third kappa shape index (κ3) is 3.03. The summed E-state index contributed by atoms with van der Waals surface area (Å²) in [5, 5.41) is 0. The summed E-state index contributed by atoms with van der Waals surface area (Å²) < 4.78 is 4.19. The van der Waals surface area contributed by atoms with Gasteiger partial charge in [-0.3, -0.25) is 0 Å². The van der Waals surface area contributed by atoms with E-state index in [1.807, 2.05) is 6.92 Å². The zero-order chi connectivity index (χ0) is 5.70. The number of allylic oxidation sites excluding steroid dienone is 1. The van der Waals surface area contributed by atoms with Gasteiger partial charge in [-0.05, 0) is 0 Å². The van der Waals surface area contributed by atoms with Gasteiger partial charge in [0.15, 0.2) is 0 Å². The molecule has 0 amide bonds. The molecule has 0 atom stereocenters. The number of hydrogen-bond donors (Lipinski definition) is 0. The molecule has 0 heterocycles. The van der Waals surface area contributed by atoms with E-state index in [-0.39, 0.29) is 0 Å². The summed E-state index contributed by atoms with van der Waals surface area (Å²) >= 11 is 0. The number of rotatable bonds is 3. The quantitative estimate of drug-likeness (QED) is 0.493. The highest BCUT2D eigenvalue weighted by Gasteiger charge is 1.84. The molecule has 0 saturated carbocycles. The first-order valence-corrected chi connectivity index (χ1v) is 2.03. The highest BCUT2D eigenvalue weighted by atomic mass is 16.5. The molecule has 0 spiro atoms. The first-order chi connectivity index (χ1) is 3.31. The molecule has 0 unspecified atom stereocenters. The van der Waals surface area contributed by atoms with Crippen LogP contribution in [0.1, 0.15) is 13.3 Å². The lowest BCUT2D eigenvalue weighted by Crippen LogP contribution is -1.82. The number of ether oxygens (including phenoxy) is 1. The van der Waals surface area contributed by atoms with Crippen molar-refractivity contribution in [2.24, 2.45) is 0 Å². The van der Waals surface area contributed by atoms with Crippen LogP contribution in [0.4, 0.5) is 0 Å². The van der Waals surface area contributed by atoms with Crippen LogP contribution in [-0.2, 0) is 9.53 Å². The predicted molar refractivity (Wildman–Crippen MR) is 26.2 cm³/mol. The number of carbonyl (C=O) groups excluding carboxylic acids is 1. The van der Waals surface area contributed by atoms with Gasteiger partial charge < -0.3 is 4.74 Å². The summed E-state index contributed by atoms with van der Waals surface area (Å²) in [6.45, 7) is 6.49. The third-order valence-electron chi connectivity index (χ3n) is 0.580. The second-order valence-corrected chi connectivity index (χ2v) is 1.08. The van der Waals surface area contributed by atoms with Crippen LogP contribution in [0.5, 0.6) is 0 Å². The monoisotopic (exact) mass is 99.0 g/mol. The molecule has 0 aromatic heterocycles. The molecule has 0 aromatic carbocycles. The van der Waals surface area contributed by atoms with E-state index in [4.69, 9.17) is 0 Å². The van der Waals surface area contributed by atoms with Crippen LogP contribution in [0.15, 0.2) is 12.3 Å². The molecule has 0 N–H and O–H groups in total. The van der Waals surface area contributed by atoms with Crippen molar-refractivity contribution >= 4 is 6.47 Å². The first kappa shape index (κ1) is 6.21. The summed E-state index contributed by atoms with van der Waals surface area (Å²) in [5.74, 6) is 0.454. The van der Waals surface area contributed by atoms with Gasteiger partial charge in [0.1, 0.15) is 5.76 Å². The molecule has 0 aliphatic carbocycles. The van der Waals surface area contributed by atoms with Crippen LogP contribution in [0.3, 0.4) is 0 Å². The van der Waals surface area contributed by atoms with E-state index in [0.29, 0.717) is 12.2 Å². The summed E-state index contributed by atoms with van der Waals surface area (Å²) in [6.07, 6.45) is 0.662. The lowest BCUT2D eigenvalue weighted by Gasteiger charge is -1.91. The maximum absolute atomic E-state index is 9.37. The Kier molecular flexibility index (Phi) is 3.02. The van der Waals surface area contributed by atoms with E-state index in [1.54, 1.807) is 0 Å². The van der Waals surface area contributed by atoms with Crippen molar-refractivity contribution in [2.75, 3.05) is 0 Å². The minimum absolute atomic E-state index is 0.454. The van der Waals surface area contributed by atoms with Crippen LogP contribution < -0.4 is 0 Å². The Morgan fingerprint density at radius 3 is 2.71 bits per heavy atom. The Morgan fingerprint density at radius 1 is 2.00 bits per heavy atom. The normalized spacial score (nSPS) is 7.57. The molecule has 0 aromatic rings. The van der Waals surface area contributed by atoms with Crippen LogP contribution in [0.25, 0.3) is 0 Å². The van der Waals surface area contributed by atoms with Crippen molar-refractivity contribution in [3.63, 3.8) is 0 Å². The summed E-state index contributed by atoms with van der Waals surface area (Å²) in [7, 11) is 0.